The fourth-order valence-electron chi connectivity index (χ4n) is 2.05. The van der Waals surface area contributed by atoms with Gasteiger partial charge in [-0.05, 0) is 18.4 Å². The van der Waals surface area contributed by atoms with Crippen molar-refractivity contribution in [3.8, 4) is 0 Å². The van der Waals surface area contributed by atoms with E-state index in [-0.39, 0.29) is 6.61 Å². The highest BCUT2D eigenvalue weighted by Gasteiger charge is 2.29. The number of benzene rings is 1. The van der Waals surface area contributed by atoms with Crippen LogP contribution in [0, 0.1) is 0 Å². The van der Waals surface area contributed by atoms with Crippen LogP contribution in [0.5, 0.6) is 0 Å². The number of hydrogen-bond donors (Lipinski definition) is 3. The number of rotatable bonds is 3. The molecule has 108 valence electrons. The van der Waals surface area contributed by atoms with Crippen LogP contribution in [-0.4, -0.2) is 35.8 Å². The summed E-state index contributed by atoms with van der Waals surface area (Å²) >= 11 is 0. The minimum absolute atomic E-state index is 0.154. The molecule has 0 saturated carbocycles. The Balaban J connectivity index is 1.82. The average Bonchev–Trinajstić information content (AvgIpc) is 2.62. The zero-order valence-electron chi connectivity index (χ0n) is 11.0. The Labute approximate surface area is 117 Å². The molecule has 3 N–H and O–H groups in total. The van der Waals surface area contributed by atoms with Gasteiger partial charge in [0.1, 0.15) is 6.61 Å². The molecule has 6 nitrogen and oxygen atoms in total. The van der Waals surface area contributed by atoms with Crippen molar-refractivity contribution in [1.29, 1.82) is 0 Å². The van der Waals surface area contributed by atoms with Gasteiger partial charge < -0.3 is 20.5 Å². The van der Waals surface area contributed by atoms with E-state index in [1.807, 2.05) is 30.3 Å². The number of aliphatic hydroxyl groups excluding tert-OH is 1. The number of nitrogens with one attached hydrogen (secondary N) is 2. The Hall–Kier alpha value is -2.08. The molecule has 0 aliphatic carbocycles. The smallest absolute Gasteiger partial charge is 0.407 e. The highest BCUT2D eigenvalue weighted by molar-refractivity contribution is 5.82. The number of alkyl carbamates (subject to hydrolysis) is 1. The molecule has 2 rings (SSSR count). The van der Waals surface area contributed by atoms with Crippen LogP contribution in [0.25, 0.3) is 0 Å². The van der Waals surface area contributed by atoms with E-state index in [2.05, 4.69) is 10.6 Å². The highest BCUT2D eigenvalue weighted by atomic mass is 16.5. The Morgan fingerprint density at radius 3 is 2.90 bits per heavy atom. The standard InChI is InChI=1S/C14H18N2O4/c17-12-11(7-4-8-15-13(12)18)16-14(19)20-9-10-5-2-1-3-6-10/h1-3,5-6,11-12,17H,4,7-9H2,(H,15,18)(H,16,19)/t11-,12?/m0/s1. The second kappa shape index (κ2) is 6.91. The van der Waals surface area contributed by atoms with Gasteiger partial charge in [0.2, 0.25) is 0 Å². The fourth-order valence-corrected chi connectivity index (χ4v) is 2.05. The van der Waals surface area contributed by atoms with Gasteiger partial charge >= 0.3 is 6.09 Å². The molecule has 0 spiro atoms. The molecule has 1 fully saturated rings. The van der Waals surface area contributed by atoms with Crippen LogP contribution >= 0.6 is 0 Å². The van der Waals surface area contributed by atoms with Crippen LogP contribution in [0.1, 0.15) is 18.4 Å². The van der Waals surface area contributed by atoms with E-state index in [9.17, 15) is 14.7 Å². The SMILES string of the molecule is O=C(N[C@H]1CCCNC(=O)C1O)OCc1ccccc1. The summed E-state index contributed by atoms with van der Waals surface area (Å²) in [6.07, 6.45) is -0.637. The number of carbonyl (C=O) groups is 2. The summed E-state index contributed by atoms with van der Waals surface area (Å²) in [6, 6.07) is 8.68. The van der Waals surface area contributed by atoms with Gasteiger partial charge in [0.05, 0.1) is 6.04 Å². The summed E-state index contributed by atoms with van der Waals surface area (Å²) in [6.45, 7) is 0.662. The van der Waals surface area contributed by atoms with E-state index in [4.69, 9.17) is 4.74 Å². The minimum atomic E-state index is -1.23. The molecule has 0 aromatic heterocycles. The van der Waals surface area contributed by atoms with Crippen molar-refractivity contribution in [2.75, 3.05) is 6.54 Å². The van der Waals surface area contributed by atoms with Crippen LogP contribution < -0.4 is 10.6 Å². The molecule has 6 heteroatoms. The van der Waals surface area contributed by atoms with E-state index in [0.717, 1.165) is 5.56 Å². The number of amides is 2. The van der Waals surface area contributed by atoms with Gasteiger partial charge in [-0.15, -0.1) is 0 Å². The summed E-state index contributed by atoms with van der Waals surface area (Å²) < 4.78 is 5.06. The first-order chi connectivity index (χ1) is 9.66. The zero-order chi connectivity index (χ0) is 14.4. The van der Waals surface area contributed by atoms with Crippen LogP contribution in [0.15, 0.2) is 30.3 Å². The predicted octanol–water partition coefficient (Wildman–Crippen LogP) is 0.552. The maximum absolute atomic E-state index is 11.7. The van der Waals surface area contributed by atoms with E-state index >= 15 is 0 Å². The van der Waals surface area contributed by atoms with Gasteiger partial charge in [-0.3, -0.25) is 4.79 Å². The average molecular weight is 278 g/mol. The lowest BCUT2D eigenvalue weighted by Gasteiger charge is -2.19. The molecule has 0 radical (unpaired) electrons. The largest absolute Gasteiger partial charge is 0.445 e. The third-order valence-corrected chi connectivity index (χ3v) is 3.16. The molecule has 1 saturated heterocycles. The minimum Gasteiger partial charge on any atom is -0.445 e. The third kappa shape index (κ3) is 3.96. The Morgan fingerprint density at radius 1 is 1.40 bits per heavy atom. The van der Waals surface area contributed by atoms with Crippen molar-refractivity contribution < 1.29 is 19.4 Å². The Morgan fingerprint density at radius 2 is 2.15 bits per heavy atom. The van der Waals surface area contributed by atoms with E-state index < -0.39 is 24.1 Å². The molecule has 1 heterocycles. The van der Waals surface area contributed by atoms with Gasteiger partial charge in [0, 0.05) is 6.54 Å². The lowest BCUT2D eigenvalue weighted by Crippen LogP contribution is -2.48. The number of aliphatic hydroxyl groups is 1. The van der Waals surface area contributed by atoms with Crippen molar-refractivity contribution in [3.63, 3.8) is 0 Å². The fraction of sp³-hybridized carbons (Fsp3) is 0.429. The van der Waals surface area contributed by atoms with Crippen molar-refractivity contribution in [2.45, 2.75) is 31.6 Å². The summed E-state index contributed by atoms with van der Waals surface area (Å²) in [5.74, 6) is -0.462. The number of carbonyl (C=O) groups excluding carboxylic acids is 2. The molecule has 1 aromatic rings. The first-order valence-electron chi connectivity index (χ1n) is 6.60. The maximum atomic E-state index is 11.7. The Kier molecular flexibility index (Phi) is 4.95. The normalized spacial score (nSPS) is 22.6. The van der Waals surface area contributed by atoms with Gasteiger partial charge in [-0.1, -0.05) is 30.3 Å². The first-order valence-corrected chi connectivity index (χ1v) is 6.60. The lowest BCUT2D eigenvalue weighted by molar-refractivity contribution is -0.129. The molecule has 1 aliphatic rings. The summed E-state index contributed by atoms with van der Waals surface area (Å²) in [5.41, 5.74) is 0.877. The third-order valence-electron chi connectivity index (χ3n) is 3.16. The van der Waals surface area contributed by atoms with Crippen LogP contribution in [0.4, 0.5) is 4.79 Å². The lowest BCUT2D eigenvalue weighted by atomic mass is 10.1. The van der Waals surface area contributed by atoms with Gasteiger partial charge in [-0.2, -0.15) is 0 Å². The van der Waals surface area contributed by atoms with Crippen LogP contribution in [0.3, 0.4) is 0 Å². The topological polar surface area (TPSA) is 87.7 Å². The van der Waals surface area contributed by atoms with Crippen molar-refractivity contribution in [3.05, 3.63) is 35.9 Å². The quantitative estimate of drug-likeness (QED) is 0.753. The predicted molar refractivity (Wildman–Crippen MR) is 71.8 cm³/mol. The molecule has 1 aromatic carbocycles. The van der Waals surface area contributed by atoms with E-state index in [1.54, 1.807) is 0 Å². The molecular weight excluding hydrogens is 260 g/mol. The Bertz CT molecular complexity index is 464. The van der Waals surface area contributed by atoms with Crippen LogP contribution in [-0.2, 0) is 16.1 Å². The monoisotopic (exact) mass is 278 g/mol. The molecular formula is C14H18N2O4. The second-order valence-electron chi connectivity index (χ2n) is 4.69. The van der Waals surface area contributed by atoms with Crippen molar-refractivity contribution >= 4 is 12.0 Å². The number of hydrogen-bond acceptors (Lipinski definition) is 4. The molecule has 1 unspecified atom stereocenters. The first kappa shape index (κ1) is 14.3. The summed E-state index contributed by atoms with van der Waals surface area (Å²) in [5, 5.41) is 14.9. The summed E-state index contributed by atoms with van der Waals surface area (Å²) in [4.78, 5) is 23.1. The van der Waals surface area contributed by atoms with E-state index in [0.29, 0.717) is 19.4 Å². The van der Waals surface area contributed by atoms with Gasteiger partial charge in [-0.25, -0.2) is 4.79 Å². The number of ether oxygens (including phenoxy) is 1. The molecule has 1 aliphatic heterocycles. The summed E-state index contributed by atoms with van der Waals surface area (Å²) in [7, 11) is 0. The van der Waals surface area contributed by atoms with Crippen LogP contribution in [0.2, 0.25) is 0 Å². The zero-order valence-corrected chi connectivity index (χ0v) is 11.0. The molecule has 20 heavy (non-hydrogen) atoms. The highest BCUT2D eigenvalue weighted by Crippen LogP contribution is 2.08. The molecule has 0 bridgehead atoms. The van der Waals surface area contributed by atoms with Gasteiger partial charge in [0.15, 0.2) is 6.10 Å². The van der Waals surface area contributed by atoms with E-state index in [1.165, 1.54) is 0 Å². The molecule has 2 atom stereocenters. The second-order valence-corrected chi connectivity index (χ2v) is 4.69. The van der Waals surface area contributed by atoms with Crippen molar-refractivity contribution in [1.82, 2.24) is 10.6 Å². The van der Waals surface area contributed by atoms with Gasteiger partial charge in [0.25, 0.3) is 5.91 Å². The van der Waals surface area contributed by atoms with Crippen molar-refractivity contribution in [2.24, 2.45) is 0 Å². The molecule has 2 amide bonds. The maximum Gasteiger partial charge on any atom is 0.407 e.